The number of hydrogen-bond donors (Lipinski definition) is 5. The van der Waals surface area contributed by atoms with Gasteiger partial charge in [-0.05, 0) is 57.4 Å². The molecule has 2 aromatic carbocycles. The van der Waals surface area contributed by atoms with Crippen molar-refractivity contribution in [2.24, 2.45) is 4.99 Å². The van der Waals surface area contributed by atoms with Crippen molar-refractivity contribution in [1.82, 2.24) is 20.9 Å². The molecule has 5 N–H and O–H groups in total. The fourth-order valence-corrected chi connectivity index (χ4v) is 4.85. The molecule has 1 aliphatic heterocycles. The summed E-state index contributed by atoms with van der Waals surface area (Å²) in [5.41, 5.74) is 7.20. The molecule has 1 unspecified atom stereocenters. The highest BCUT2D eigenvalue weighted by molar-refractivity contribution is 6.31. The topological polar surface area (TPSA) is 127 Å². The third-order valence-corrected chi connectivity index (χ3v) is 7.07. The molecule has 10 heteroatoms. The van der Waals surface area contributed by atoms with Gasteiger partial charge >= 0.3 is 6.01 Å². The Bertz CT molecular complexity index is 1530. The number of hydrogen-bond acceptors (Lipinski definition) is 8. The molecule has 0 spiro atoms. The van der Waals surface area contributed by atoms with Crippen LogP contribution in [0.5, 0.6) is 0 Å². The molecule has 0 saturated carbocycles. The van der Waals surface area contributed by atoms with Crippen LogP contribution in [-0.2, 0) is 11.2 Å². The summed E-state index contributed by atoms with van der Waals surface area (Å²) in [6, 6.07) is 11.2. The third kappa shape index (κ3) is 5.98. The Hall–Kier alpha value is -4.11. The van der Waals surface area contributed by atoms with Crippen LogP contribution in [0.1, 0.15) is 50.4 Å². The minimum Gasteiger partial charge on any atom is -0.423 e. The number of aliphatic imine (C=N–C) groups is 1. The Morgan fingerprint density at radius 2 is 1.97 bits per heavy atom. The molecule has 1 atom stereocenters. The highest BCUT2D eigenvalue weighted by Crippen LogP contribution is 2.35. The van der Waals surface area contributed by atoms with Crippen molar-refractivity contribution in [2.75, 3.05) is 18.9 Å². The maximum absolute atomic E-state index is 13.6. The lowest BCUT2D eigenvalue weighted by Gasteiger charge is -2.27. The number of oxazole rings is 1. The summed E-state index contributed by atoms with van der Waals surface area (Å²) in [7, 11) is 1.79. The van der Waals surface area contributed by atoms with Gasteiger partial charge in [-0.25, -0.2) is 4.99 Å². The average Bonchev–Trinajstić information content (AvgIpc) is 3.30. The smallest absolute Gasteiger partial charge is 0.302 e. The lowest BCUT2D eigenvalue weighted by atomic mass is 9.94. The number of anilines is 1. The van der Waals surface area contributed by atoms with Crippen LogP contribution in [0.15, 0.2) is 68.3 Å². The first kappa shape index (κ1) is 27.9. The van der Waals surface area contributed by atoms with Crippen LogP contribution in [0.2, 0.25) is 5.02 Å². The van der Waals surface area contributed by atoms with E-state index in [1.807, 2.05) is 57.2 Å². The standard InChI is InChI=1S/C29H34ClN7O2/c1-7-19-9-8-10-23-26(19)39-29(35-23)37-28-34-18(5)24(25(36-28)20-12-11-15(2)13-22(20)30)27(38)33-14-21(16(3)31)17(4)32-6/h8-13,25,31-32H,7,14H2,1-6H3,(H,33,38)(H2,34,35,36,37)/b21-17-,31-16?. The zero-order chi connectivity index (χ0) is 28.3. The Kier molecular flexibility index (Phi) is 8.40. The number of allylic oxidation sites excluding steroid dienone is 2. The van der Waals surface area contributed by atoms with Crippen molar-refractivity contribution in [2.45, 2.75) is 47.1 Å². The second-order valence-electron chi connectivity index (χ2n) is 9.49. The summed E-state index contributed by atoms with van der Waals surface area (Å²) in [5, 5.41) is 21.0. The van der Waals surface area contributed by atoms with Crippen molar-refractivity contribution in [3.8, 4) is 0 Å². The molecule has 3 aromatic rings. The Morgan fingerprint density at radius 3 is 2.64 bits per heavy atom. The van der Waals surface area contributed by atoms with Crippen molar-refractivity contribution in [1.29, 1.82) is 5.41 Å². The monoisotopic (exact) mass is 547 g/mol. The number of aromatic nitrogens is 1. The van der Waals surface area contributed by atoms with E-state index in [0.29, 0.717) is 45.1 Å². The second-order valence-corrected chi connectivity index (χ2v) is 9.90. The van der Waals surface area contributed by atoms with Crippen LogP contribution < -0.4 is 21.3 Å². The van der Waals surface area contributed by atoms with Gasteiger partial charge in [0.1, 0.15) is 11.6 Å². The molecule has 1 aromatic heterocycles. The molecule has 4 rings (SSSR count). The maximum Gasteiger partial charge on any atom is 0.302 e. The number of fused-ring (bicyclic) bond motifs is 1. The molecule has 0 saturated heterocycles. The van der Waals surface area contributed by atoms with Gasteiger partial charge in [0.05, 0.1) is 5.57 Å². The van der Waals surface area contributed by atoms with Gasteiger partial charge < -0.3 is 25.8 Å². The highest BCUT2D eigenvalue weighted by Gasteiger charge is 2.31. The molecule has 1 amide bonds. The molecule has 204 valence electrons. The molecule has 2 heterocycles. The summed E-state index contributed by atoms with van der Waals surface area (Å²) in [6.45, 7) is 9.61. The normalized spacial score (nSPS) is 15.9. The van der Waals surface area contributed by atoms with E-state index in [0.717, 1.165) is 34.3 Å². The van der Waals surface area contributed by atoms with Crippen LogP contribution in [0.3, 0.4) is 0 Å². The maximum atomic E-state index is 13.6. The van der Waals surface area contributed by atoms with Gasteiger partial charge in [0.25, 0.3) is 5.91 Å². The number of benzene rings is 2. The van der Waals surface area contributed by atoms with Gasteiger partial charge in [-0.1, -0.05) is 42.8 Å². The third-order valence-electron chi connectivity index (χ3n) is 6.75. The van der Waals surface area contributed by atoms with E-state index in [2.05, 4.69) is 33.2 Å². The molecule has 1 aliphatic rings. The highest BCUT2D eigenvalue weighted by atomic mass is 35.5. The molecule has 0 aliphatic carbocycles. The summed E-state index contributed by atoms with van der Waals surface area (Å²) < 4.78 is 6.01. The van der Waals surface area contributed by atoms with Crippen molar-refractivity contribution in [3.05, 3.63) is 80.7 Å². The van der Waals surface area contributed by atoms with Crippen LogP contribution >= 0.6 is 11.6 Å². The molecular formula is C29H34ClN7O2. The van der Waals surface area contributed by atoms with Crippen LogP contribution in [0.25, 0.3) is 11.1 Å². The van der Waals surface area contributed by atoms with E-state index in [1.165, 1.54) is 0 Å². The predicted molar refractivity (Wildman–Crippen MR) is 157 cm³/mol. The van der Waals surface area contributed by atoms with Gasteiger partial charge in [0.15, 0.2) is 5.58 Å². The number of nitrogens with zero attached hydrogens (tertiary/aromatic N) is 2. The number of nitrogens with one attached hydrogen (secondary N) is 5. The van der Waals surface area contributed by atoms with E-state index in [4.69, 9.17) is 26.4 Å². The van der Waals surface area contributed by atoms with Crippen molar-refractivity contribution >= 4 is 46.3 Å². The Morgan fingerprint density at radius 1 is 1.21 bits per heavy atom. The first-order valence-corrected chi connectivity index (χ1v) is 13.2. The fraction of sp³-hybridized carbons (Fsp3) is 0.310. The second kappa shape index (κ2) is 11.7. The van der Waals surface area contributed by atoms with E-state index >= 15 is 0 Å². The summed E-state index contributed by atoms with van der Waals surface area (Å²) in [5.74, 6) is 0.0822. The predicted octanol–water partition coefficient (Wildman–Crippen LogP) is 5.39. The molecule has 9 nitrogen and oxygen atoms in total. The number of halogens is 1. The van der Waals surface area contributed by atoms with Crippen molar-refractivity contribution in [3.63, 3.8) is 0 Å². The molecular weight excluding hydrogens is 514 g/mol. The Labute approximate surface area is 233 Å². The van der Waals surface area contributed by atoms with Crippen molar-refractivity contribution < 1.29 is 9.21 Å². The van der Waals surface area contributed by atoms with Gasteiger partial charge in [-0.15, -0.1) is 0 Å². The number of rotatable bonds is 8. The van der Waals surface area contributed by atoms with E-state index in [1.54, 1.807) is 14.0 Å². The summed E-state index contributed by atoms with van der Waals surface area (Å²) >= 11 is 6.67. The quantitative estimate of drug-likeness (QED) is 0.241. The lowest BCUT2D eigenvalue weighted by molar-refractivity contribution is -0.117. The largest absolute Gasteiger partial charge is 0.423 e. The van der Waals surface area contributed by atoms with Gasteiger partial charge in [0.2, 0.25) is 5.96 Å². The Balaban J connectivity index is 1.68. The lowest BCUT2D eigenvalue weighted by Crippen LogP contribution is -2.40. The molecule has 0 bridgehead atoms. The number of aryl methyl sites for hydroxylation is 2. The van der Waals surface area contributed by atoms with Gasteiger partial charge in [-0.2, -0.15) is 4.98 Å². The van der Waals surface area contributed by atoms with Crippen LogP contribution in [0.4, 0.5) is 6.01 Å². The van der Waals surface area contributed by atoms with E-state index < -0.39 is 6.04 Å². The van der Waals surface area contributed by atoms with Gasteiger partial charge in [-0.3, -0.25) is 10.1 Å². The number of para-hydroxylation sites is 1. The van der Waals surface area contributed by atoms with Crippen LogP contribution in [-0.4, -0.2) is 36.2 Å². The first-order chi connectivity index (χ1) is 18.6. The molecule has 0 fully saturated rings. The summed E-state index contributed by atoms with van der Waals surface area (Å²) in [4.78, 5) is 23.0. The van der Waals surface area contributed by atoms with E-state index in [-0.39, 0.29) is 12.5 Å². The first-order valence-electron chi connectivity index (χ1n) is 12.8. The van der Waals surface area contributed by atoms with Gasteiger partial charge in [0, 0.05) is 46.9 Å². The molecule has 0 radical (unpaired) electrons. The number of amides is 1. The zero-order valence-corrected chi connectivity index (χ0v) is 23.8. The fourth-order valence-electron chi connectivity index (χ4n) is 4.51. The molecule has 39 heavy (non-hydrogen) atoms. The minimum absolute atomic E-state index is 0.198. The number of carbonyl (C=O) groups is 1. The minimum atomic E-state index is -0.684. The van der Waals surface area contributed by atoms with Crippen LogP contribution in [0, 0.1) is 12.3 Å². The number of carbonyl (C=O) groups excluding carboxylic acids is 1. The number of guanidine groups is 1. The zero-order valence-electron chi connectivity index (χ0n) is 23.0. The average molecular weight is 548 g/mol. The van der Waals surface area contributed by atoms with E-state index in [9.17, 15) is 4.79 Å². The summed E-state index contributed by atoms with van der Waals surface area (Å²) in [6.07, 6.45) is 0.821. The SMILES string of the molecule is CCc1cccc2nc(NC3=NC(c4ccc(C)cc4Cl)C(C(=O)NC/C(C(C)=N)=C(\C)NC)=C(C)N3)oc12.